The largest absolute Gasteiger partial charge is 0.484 e. The van der Waals surface area contributed by atoms with Crippen molar-refractivity contribution in [2.45, 2.75) is 24.9 Å². The number of benzene rings is 2. The van der Waals surface area contributed by atoms with Gasteiger partial charge in [0, 0.05) is 30.1 Å². The summed E-state index contributed by atoms with van der Waals surface area (Å²) in [4.78, 5) is 64.9. The van der Waals surface area contributed by atoms with Crippen LogP contribution in [-0.2, 0) is 25.7 Å². The van der Waals surface area contributed by atoms with Crippen molar-refractivity contribution in [3.63, 3.8) is 0 Å². The van der Waals surface area contributed by atoms with E-state index in [2.05, 4.69) is 5.32 Å². The Morgan fingerprint density at radius 1 is 1.12 bits per heavy atom. The van der Waals surface area contributed by atoms with Crippen LogP contribution < -0.4 is 25.0 Å². The third kappa shape index (κ3) is 5.14. The molecule has 0 bridgehead atoms. The van der Waals surface area contributed by atoms with Crippen LogP contribution in [0.3, 0.4) is 0 Å². The van der Waals surface area contributed by atoms with Gasteiger partial charge in [-0.05, 0) is 25.1 Å². The third-order valence-electron chi connectivity index (χ3n) is 7.19. The number of aliphatic carboxylic acids is 1. The van der Waals surface area contributed by atoms with Crippen LogP contribution in [0.4, 0.5) is 0 Å². The van der Waals surface area contributed by atoms with Gasteiger partial charge in [0.1, 0.15) is 35.0 Å². The molecule has 2 N–H and O–H groups in total. The second-order valence-electron chi connectivity index (χ2n) is 9.77. The summed E-state index contributed by atoms with van der Waals surface area (Å²) in [5.41, 5.74) is -0.366. The van der Waals surface area contributed by atoms with E-state index in [1.54, 1.807) is 41.0 Å². The van der Waals surface area contributed by atoms with Gasteiger partial charge < -0.3 is 33.9 Å². The van der Waals surface area contributed by atoms with Gasteiger partial charge in [-0.25, -0.2) is 9.59 Å². The minimum Gasteiger partial charge on any atom is -0.484 e. The molecular formula is C29H25N3O10S. The van der Waals surface area contributed by atoms with E-state index in [0.29, 0.717) is 29.3 Å². The Bertz CT molecular complexity index is 1750. The molecule has 4 heterocycles. The van der Waals surface area contributed by atoms with Gasteiger partial charge in [0.05, 0.1) is 10.9 Å². The number of hydrogen-bond acceptors (Lipinski definition) is 10. The zero-order valence-electron chi connectivity index (χ0n) is 22.7. The quantitative estimate of drug-likeness (QED) is 0.269. The molecule has 13 nitrogen and oxygen atoms in total. The zero-order valence-corrected chi connectivity index (χ0v) is 23.5. The number of carboxylic acid groups (broad SMARTS) is 1. The van der Waals surface area contributed by atoms with Crippen LogP contribution in [-0.4, -0.2) is 75.5 Å². The molecule has 1 saturated heterocycles. The molecule has 0 unspecified atom stereocenters. The number of thioether (sulfide) groups is 1. The number of carboxylic acids is 1. The molecule has 0 radical (unpaired) electrons. The fraction of sp³-hybridized carbons (Fsp3) is 0.276. The minimum absolute atomic E-state index is 0.0239. The molecule has 222 valence electrons. The van der Waals surface area contributed by atoms with Crippen molar-refractivity contribution in [3.05, 3.63) is 75.7 Å². The van der Waals surface area contributed by atoms with Crippen molar-refractivity contribution in [1.29, 1.82) is 0 Å². The normalized spacial score (nSPS) is 18.6. The van der Waals surface area contributed by atoms with E-state index in [-0.39, 0.29) is 41.4 Å². The molecule has 2 amide bonds. The maximum Gasteiger partial charge on any atom is 0.352 e. The topological polar surface area (TPSA) is 163 Å². The SMILES string of the molecule is CCn1cc(C(=O)OCC2=C(C(=O)O)N3C(=O)[C@@H](NC(=O)COc4ccccc4)[C@H]3SC2)c(=O)c2cc3c(cc21)OCO3. The molecular weight excluding hydrogens is 582 g/mol. The summed E-state index contributed by atoms with van der Waals surface area (Å²) in [6, 6.07) is 11.0. The highest BCUT2D eigenvalue weighted by molar-refractivity contribution is 8.00. The molecule has 3 aliphatic heterocycles. The summed E-state index contributed by atoms with van der Waals surface area (Å²) in [5, 5.41) is 12.1. The summed E-state index contributed by atoms with van der Waals surface area (Å²) in [7, 11) is 0. The van der Waals surface area contributed by atoms with Gasteiger partial charge in [0.25, 0.3) is 11.8 Å². The predicted molar refractivity (Wildman–Crippen MR) is 152 cm³/mol. The highest BCUT2D eigenvalue weighted by Crippen LogP contribution is 2.40. The van der Waals surface area contributed by atoms with Gasteiger partial charge in [-0.3, -0.25) is 19.3 Å². The number of carbonyl (C=O) groups is 4. The first-order valence-electron chi connectivity index (χ1n) is 13.3. The molecule has 6 rings (SSSR count). The number of para-hydroxylation sites is 1. The molecule has 2 aromatic carbocycles. The second kappa shape index (κ2) is 11.4. The van der Waals surface area contributed by atoms with Gasteiger partial charge in [-0.15, -0.1) is 11.8 Å². The predicted octanol–water partition coefficient (Wildman–Crippen LogP) is 1.72. The van der Waals surface area contributed by atoms with Crippen LogP contribution in [0.25, 0.3) is 10.9 Å². The van der Waals surface area contributed by atoms with E-state index in [0.717, 1.165) is 4.90 Å². The number of aryl methyl sites for hydroxylation is 1. The first-order chi connectivity index (χ1) is 20.8. The lowest BCUT2D eigenvalue weighted by atomic mass is 10.0. The number of rotatable bonds is 9. The van der Waals surface area contributed by atoms with Crippen molar-refractivity contribution in [3.8, 4) is 17.2 Å². The highest BCUT2D eigenvalue weighted by Gasteiger charge is 2.54. The zero-order chi connectivity index (χ0) is 30.2. The summed E-state index contributed by atoms with van der Waals surface area (Å²) >= 11 is 1.23. The Morgan fingerprint density at radius 3 is 2.58 bits per heavy atom. The third-order valence-corrected chi connectivity index (χ3v) is 8.53. The number of aromatic nitrogens is 1. The number of nitrogens with zero attached hydrogens (tertiary/aromatic N) is 2. The number of carbonyl (C=O) groups excluding carboxylic acids is 3. The maximum absolute atomic E-state index is 13.2. The van der Waals surface area contributed by atoms with E-state index in [4.69, 9.17) is 18.9 Å². The molecule has 0 aliphatic carbocycles. The van der Waals surface area contributed by atoms with E-state index in [1.807, 2.05) is 6.92 Å². The molecule has 3 aromatic rings. The Labute approximate surface area is 247 Å². The molecule has 1 fully saturated rings. The van der Waals surface area contributed by atoms with Crippen molar-refractivity contribution in [2.24, 2.45) is 0 Å². The standard InChI is InChI=1S/C29H25N3O10S/c1-2-31-10-18(25(34)17-8-20-21(9-19(17)31)42-14-41-20)29(38)40-11-15-13-43-27-23(26(35)32(27)24(15)28(36)37)30-22(33)12-39-16-6-4-3-5-7-16/h3-10,23,27H,2,11-14H2,1H3,(H,30,33)(H,36,37)/t23-,27-/m1/s1. The average Bonchev–Trinajstić information content (AvgIpc) is 3.48. The number of amides is 2. The number of ether oxygens (including phenoxy) is 4. The van der Waals surface area contributed by atoms with Crippen molar-refractivity contribution >= 4 is 46.4 Å². The van der Waals surface area contributed by atoms with E-state index in [9.17, 15) is 29.1 Å². The van der Waals surface area contributed by atoms with Gasteiger partial charge in [-0.2, -0.15) is 0 Å². The van der Waals surface area contributed by atoms with Gasteiger partial charge in [0.2, 0.25) is 12.2 Å². The second-order valence-corrected chi connectivity index (χ2v) is 10.9. The molecule has 14 heteroatoms. The van der Waals surface area contributed by atoms with Crippen LogP contribution in [0.2, 0.25) is 0 Å². The van der Waals surface area contributed by atoms with Gasteiger partial charge in [-0.1, -0.05) is 18.2 Å². The number of β-lactam (4-membered cyclic amide) rings is 1. The van der Waals surface area contributed by atoms with Crippen molar-refractivity contribution < 1.29 is 43.2 Å². The summed E-state index contributed by atoms with van der Waals surface area (Å²) in [5.74, 6) is -1.95. The van der Waals surface area contributed by atoms with Crippen LogP contribution in [0.5, 0.6) is 17.2 Å². The minimum atomic E-state index is -1.38. The van der Waals surface area contributed by atoms with Crippen LogP contribution in [0, 0.1) is 0 Å². The van der Waals surface area contributed by atoms with E-state index in [1.165, 1.54) is 24.0 Å². The molecule has 0 spiro atoms. The van der Waals surface area contributed by atoms with Gasteiger partial charge in [0.15, 0.2) is 18.1 Å². The Morgan fingerprint density at radius 2 is 1.86 bits per heavy atom. The number of nitrogens with one attached hydrogen (secondary N) is 1. The van der Waals surface area contributed by atoms with E-state index < -0.39 is 47.2 Å². The van der Waals surface area contributed by atoms with Crippen LogP contribution in [0.1, 0.15) is 17.3 Å². The fourth-order valence-electron chi connectivity index (χ4n) is 5.09. The summed E-state index contributed by atoms with van der Waals surface area (Å²) in [6.07, 6.45) is 1.39. The molecule has 3 aliphatic rings. The number of esters is 1. The molecule has 0 saturated carbocycles. The lowest BCUT2D eigenvalue weighted by Crippen LogP contribution is -2.71. The summed E-state index contributed by atoms with van der Waals surface area (Å²) < 4.78 is 23.3. The van der Waals surface area contributed by atoms with Gasteiger partial charge >= 0.3 is 11.9 Å². The molecule has 2 atom stereocenters. The first kappa shape index (κ1) is 28.2. The lowest BCUT2D eigenvalue weighted by Gasteiger charge is -2.49. The Balaban J connectivity index is 1.15. The van der Waals surface area contributed by atoms with Crippen molar-refractivity contribution in [2.75, 3.05) is 25.8 Å². The van der Waals surface area contributed by atoms with Crippen LogP contribution >= 0.6 is 11.8 Å². The van der Waals surface area contributed by atoms with E-state index >= 15 is 0 Å². The number of fused-ring (bicyclic) bond motifs is 3. The molecule has 1 aromatic heterocycles. The monoisotopic (exact) mass is 607 g/mol. The fourth-order valence-corrected chi connectivity index (χ4v) is 6.42. The summed E-state index contributed by atoms with van der Waals surface area (Å²) in [6.45, 7) is 1.55. The first-order valence-corrected chi connectivity index (χ1v) is 14.3. The Hall–Kier alpha value is -4.98. The average molecular weight is 608 g/mol. The smallest absolute Gasteiger partial charge is 0.352 e. The lowest BCUT2D eigenvalue weighted by molar-refractivity contribution is -0.151. The number of hydrogen-bond donors (Lipinski definition) is 2. The highest BCUT2D eigenvalue weighted by atomic mass is 32.2. The maximum atomic E-state index is 13.2. The number of pyridine rings is 1. The Kier molecular flexibility index (Phi) is 7.44. The molecule has 43 heavy (non-hydrogen) atoms. The van der Waals surface area contributed by atoms with Crippen molar-refractivity contribution in [1.82, 2.24) is 14.8 Å². The van der Waals surface area contributed by atoms with Crippen LogP contribution in [0.15, 0.2) is 64.7 Å².